The van der Waals surface area contributed by atoms with E-state index in [0.717, 1.165) is 19.0 Å². The molecule has 0 rings (SSSR count). The van der Waals surface area contributed by atoms with E-state index in [0.29, 0.717) is 0 Å². The van der Waals surface area contributed by atoms with Crippen LogP contribution in [0.15, 0.2) is 12.2 Å². The van der Waals surface area contributed by atoms with Gasteiger partial charge in [-0.1, -0.05) is 6.08 Å². The molecule has 1 N–H and O–H groups in total. The third-order valence-corrected chi connectivity index (χ3v) is 1.12. The zero-order valence-corrected chi connectivity index (χ0v) is 6.95. The van der Waals surface area contributed by atoms with Gasteiger partial charge in [0.2, 0.25) is 0 Å². The van der Waals surface area contributed by atoms with Gasteiger partial charge >= 0.3 is 5.97 Å². The Kier molecular flexibility index (Phi) is 5.47. The van der Waals surface area contributed by atoms with Gasteiger partial charge in [-0.05, 0) is 33.5 Å². The molecule has 0 aromatic rings. The van der Waals surface area contributed by atoms with Gasteiger partial charge in [0.05, 0.1) is 0 Å². The SMILES string of the molecule is CN(C)CC[CH]C=CC(=O)O. The first kappa shape index (κ1) is 10.2. The highest BCUT2D eigenvalue weighted by molar-refractivity contribution is 5.79. The molecule has 0 aromatic carbocycles. The molecule has 0 atom stereocenters. The second kappa shape index (κ2) is 5.92. The van der Waals surface area contributed by atoms with Crippen molar-refractivity contribution in [3.63, 3.8) is 0 Å². The van der Waals surface area contributed by atoms with Crippen molar-refractivity contribution in [1.82, 2.24) is 4.90 Å². The molecule has 0 saturated carbocycles. The number of hydrogen-bond donors (Lipinski definition) is 1. The molecular weight excluding hydrogens is 142 g/mol. The lowest BCUT2D eigenvalue weighted by Crippen LogP contribution is -2.12. The summed E-state index contributed by atoms with van der Waals surface area (Å²) in [5, 5.41) is 8.20. The van der Waals surface area contributed by atoms with Gasteiger partial charge in [-0.25, -0.2) is 4.79 Å². The predicted octanol–water partition coefficient (Wildman–Crippen LogP) is 0.783. The largest absolute Gasteiger partial charge is 0.478 e. The Hall–Kier alpha value is -0.830. The minimum atomic E-state index is -0.897. The van der Waals surface area contributed by atoms with Crippen LogP contribution in [-0.4, -0.2) is 36.6 Å². The quantitative estimate of drug-likeness (QED) is 0.472. The van der Waals surface area contributed by atoms with Crippen LogP contribution >= 0.6 is 0 Å². The summed E-state index contributed by atoms with van der Waals surface area (Å²) >= 11 is 0. The normalized spacial score (nSPS) is 11.2. The van der Waals surface area contributed by atoms with Crippen molar-refractivity contribution in [1.29, 1.82) is 0 Å². The summed E-state index contributed by atoms with van der Waals surface area (Å²) in [6.07, 6.45) is 5.42. The molecule has 0 unspecified atom stereocenters. The fraction of sp³-hybridized carbons (Fsp3) is 0.500. The van der Waals surface area contributed by atoms with Crippen LogP contribution in [-0.2, 0) is 4.79 Å². The van der Waals surface area contributed by atoms with Crippen LogP contribution in [0, 0.1) is 6.42 Å². The van der Waals surface area contributed by atoms with Crippen molar-refractivity contribution in [3.8, 4) is 0 Å². The molecule has 0 heterocycles. The number of carboxylic acid groups (broad SMARTS) is 1. The lowest BCUT2D eigenvalue weighted by molar-refractivity contribution is -0.131. The number of carboxylic acids is 1. The Labute approximate surface area is 67.3 Å². The van der Waals surface area contributed by atoms with E-state index >= 15 is 0 Å². The molecule has 0 aliphatic heterocycles. The number of aliphatic carboxylic acids is 1. The first-order valence-corrected chi connectivity index (χ1v) is 3.50. The van der Waals surface area contributed by atoms with Gasteiger partial charge in [0.25, 0.3) is 0 Å². The first-order valence-electron chi connectivity index (χ1n) is 3.50. The predicted molar refractivity (Wildman–Crippen MR) is 44.2 cm³/mol. The van der Waals surface area contributed by atoms with Crippen molar-refractivity contribution in [2.24, 2.45) is 0 Å². The zero-order valence-electron chi connectivity index (χ0n) is 6.95. The number of rotatable bonds is 5. The topological polar surface area (TPSA) is 40.5 Å². The first-order chi connectivity index (χ1) is 5.13. The molecule has 0 aliphatic rings. The van der Waals surface area contributed by atoms with Crippen molar-refractivity contribution in [2.45, 2.75) is 6.42 Å². The van der Waals surface area contributed by atoms with E-state index in [1.54, 1.807) is 6.08 Å². The van der Waals surface area contributed by atoms with E-state index in [-0.39, 0.29) is 0 Å². The van der Waals surface area contributed by atoms with Crippen LogP contribution < -0.4 is 0 Å². The number of hydrogen-bond acceptors (Lipinski definition) is 2. The maximum atomic E-state index is 9.98. The summed E-state index contributed by atoms with van der Waals surface area (Å²) < 4.78 is 0. The molecule has 3 nitrogen and oxygen atoms in total. The monoisotopic (exact) mass is 156 g/mol. The van der Waals surface area contributed by atoms with Crippen molar-refractivity contribution in [3.05, 3.63) is 18.6 Å². The highest BCUT2D eigenvalue weighted by Crippen LogP contribution is 1.90. The minimum Gasteiger partial charge on any atom is -0.478 e. The van der Waals surface area contributed by atoms with E-state index in [1.165, 1.54) is 0 Å². The van der Waals surface area contributed by atoms with E-state index in [2.05, 4.69) is 0 Å². The molecule has 0 amide bonds. The highest BCUT2D eigenvalue weighted by Gasteiger charge is 1.88. The fourth-order valence-electron chi connectivity index (χ4n) is 0.579. The third kappa shape index (κ3) is 9.17. The highest BCUT2D eigenvalue weighted by atomic mass is 16.4. The Morgan fingerprint density at radius 3 is 2.64 bits per heavy atom. The molecule has 1 radical (unpaired) electrons. The summed E-state index contributed by atoms with van der Waals surface area (Å²) in [7, 11) is 3.96. The molecule has 0 spiro atoms. The van der Waals surface area contributed by atoms with Gasteiger partial charge < -0.3 is 10.0 Å². The summed E-state index contributed by atoms with van der Waals surface area (Å²) in [5.74, 6) is -0.897. The van der Waals surface area contributed by atoms with Gasteiger partial charge in [0.15, 0.2) is 0 Å². The van der Waals surface area contributed by atoms with Crippen LogP contribution in [0.25, 0.3) is 0 Å². The smallest absolute Gasteiger partial charge is 0.327 e. The summed E-state index contributed by atoms with van der Waals surface area (Å²) in [6.45, 7) is 0.948. The molecule has 11 heavy (non-hydrogen) atoms. The number of carbonyl (C=O) groups is 1. The second-order valence-corrected chi connectivity index (χ2v) is 2.53. The van der Waals surface area contributed by atoms with Crippen LogP contribution in [0.3, 0.4) is 0 Å². The van der Waals surface area contributed by atoms with Crippen LogP contribution in [0.1, 0.15) is 6.42 Å². The molecule has 0 aliphatic carbocycles. The maximum Gasteiger partial charge on any atom is 0.327 e. The molecular formula is C8H14NO2. The fourth-order valence-corrected chi connectivity index (χ4v) is 0.579. The average Bonchev–Trinajstić information content (AvgIpc) is 1.85. The van der Waals surface area contributed by atoms with Gasteiger partial charge in [0, 0.05) is 6.08 Å². The zero-order chi connectivity index (χ0) is 8.69. The van der Waals surface area contributed by atoms with Crippen LogP contribution in [0.2, 0.25) is 0 Å². The molecule has 0 aromatic heterocycles. The van der Waals surface area contributed by atoms with Gasteiger partial charge in [-0.15, -0.1) is 0 Å². The average molecular weight is 156 g/mol. The lowest BCUT2D eigenvalue weighted by atomic mass is 10.3. The van der Waals surface area contributed by atoms with E-state index in [1.807, 2.05) is 25.4 Å². The Morgan fingerprint density at radius 1 is 1.55 bits per heavy atom. The molecule has 63 valence electrons. The molecule has 0 bridgehead atoms. The van der Waals surface area contributed by atoms with E-state index in [4.69, 9.17) is 5.11 Å². The Morgan fingerprint density at radius 2 is 2.18 bits per heavy atom. The van der Waals surface area contributed by atoms with Crippen molar-refractivity contribution in [2.75, 3.05) is 20.6 Å². The Bertz CT molecular complexity index is 141. The summed E-state index contributed by atoms with van der Waals surface area (Å²) in [5.41, 5.74) is 0. The lowest BCUT2D eigenvalue weighted by Gasteiger charge is -2.06. The number of allylic oxidation sites excluding steroid dienone is 1. The maximum absolute atomic E-state index is 9.98. The Balaban J connectivity index is 3.21. The standard InChI is InChI=1S/C8H14NO2/c1-9(2)7-5-3-4-6-8(10)11/h3-4,6H,5,7H2,1-2H3,(H,10,11). The van der Waals surface area contributed by atoms with Gasteiger partial charge in [-0.2, -0.15) is 0 Å². The van der Waals surface area contributed by atoms with Crippen molar-refractivity contribution < 1.29 is 9.90 Å². The summed E-state index contributed by atoms with van der Waals surface area (Å²) in [6, 6.07) is 0. The second-order valence-electron chi connectivity index (χ2n) is 2.53. The minimum absolute atomic E-state index is 0.886. The van der Waals surface area contributed by atoms with E-state index in [9.17, 15) is 4.79 Å². The molecule has 0 fully saturated rings. The van der Waals surface area contributed by atoms with Gasteiger partial charge in [-0.3, -0.25) is 0 Å². The molecule has 0 saturated heterocycles. The number of unbranched alkanes of at least 4 members (excludes halogenated alkanes) is 1. The van der Waals surface area contributed by atoms with E-state index < -0.39 is 5.97 Å². The molecule has 3 heteroatoms. The summed E-state index contributed by atoms with van der Waals surface area (Å²) in [4.78, 5) is 12.0. The van der Waals surface area contributed by atoms with Crippen LogP contribution in [0.4, 0.5) is 0 Å². The third-order valence-electron chi connectivity index (χ3n) is 1.12. The van der Waals surface area contributed by atoms with Gasteiger partial charge in [0.1, 0.15) is 0 Å². The number of nitrogens with zero attached hydrogens (tertiary/aromatic N) is 1. The van der Waals surface area contributed by atoms with Crippen molar-refractivity contribution >= 4 is 5.97 Å². The van der Waals surface area contributed by atoms with Crippen LogP contribution in [0.5, 0.6) is 0 Å².